The van der Waals surface area contributed by atoms with Crippen molar-refractivity contribution in [2.24, 2.45) is 10.4 Å². The number of ether oxygens (including phenoxy) is 3. The lowest BCUT2D eigenvalue weighted by molar-refractivity contribution is -0.130. The van der Waals surface area contributed by atoms with Gasteiger partial charge in [0, 0.05) is 5.41 Å². The Kier molecular flexibility index (Phi) is 5.27. The van der Waals surface area contributed by atoms with Gasteiger partial charge in [-0.3, -0.25) is 0 Å². The molecule has 7 heteroatoms. The molecule has 3 rings (SSSR count). The van der Waals surface area contributed by atoms with Gasteiger partial charge in [0.2, 0.25) is 5.90 Å². The molecule has 0 amide bonds. The van der Waals surface area contributed by atoms with Gasteiger partial charge in [-0.2, -0.15) is 0 Å². The second kappa shape index (κ2) is 7.50. The van der Waals surface area contributed by atoms with Crippen LogP contribution in [0.5, 0.6) is 11.5 Å². The maximum atomic E-state index is 12.1. The molecule has 1 aromatic carbocycles. The van der Waals surface area contributed by atoms with E-state index in [2.05, 4.69) is 10.1 Å². The largest absolute Gasteiger partial charge is 0.493 e. The molecule has 148 valence electrons. The van der Waals surface area contributed by atoms with E-state index in [4.69, 9.17) is 18.7 Å². The van der Waals surface area contributed by atoms with Crippen molar-refractivity contribution in [3.8, 4) is 11.5 Å². The van der Waals surface area contributed by atoms with Crippen molar-refractivity contribution >= 4 is 17.9 Å². The molecule has 1 aliphatic heterocycles. The number of carbonyl (C=O) groups excluding carboxylic acids is 1. The third kappa shape index (κ3) is 4.08. The van der Waals surface area contributed by atoms with Crippen LogP contribution in [0.15, 0.2) is 33.4 Å². The Labute approximate surface area is 164 Å². The zero-order valence-electron chi connectivity index (χ0n) is 17.0. The monoisotopic (exact) mass is 384 g/mol. The quantitative estimate of drug-likeness (QED) is 0.567. The van der Waals surface area contributed by atoms with Crippen molar-refractivity contribution in [2.75, 3.05) is 7.11 Å². The molecule has 1 aliphatic rings. The Morgan fingerprint density at radius 1 is 1.18 bits per heavy atom. The predicted molar refractivity (Wildman–Crippen MR) is 104 cm³/mol. The second-order valence-electron chi connectivity index (χ2n) is 7.59. The second-order valence-corrected chi connectivity index (χ2v) is 7.59. The molecule has 7 nitrogen and oxygen atoms in total. The van der Waals surface area contributed by atoms with Crippen LogP contribution in [0.1, 0.15) is 43.4 Å². The summed E-state index contributed by atoms with van der Waals surface area (Å²) in [6, 6.07) is 5.40. The number of aromatic nitrogens is 1. The third-order valence-electron chi connectivity index (χ3n) is 4.31. The van der Waals surface area contributed by atoms with Crippen LogP contribution in [0.4, 0.5) is 0 Å². The highest BCUT2D eigenvalue weighted by molar-refractivity contribution is 6.08. The van der Waals surface area contributed by atoms with Gasteiger partial charge < -0.3 is 18.7 Å². The van der Waals surface area contributed by atoms with Gasteiger partial charge in [-0.25, -0.2) is 9.79 Å². The molecule has 0 radical (unpaired) electrons. The first-order chi connectivity index (χ1) is 13.2. The summed E-state index contributed by atoms with van der Waals surface area (Å²) in [5.74, 6) is 1.81. The Hall–Kier alpha value is -3.09. The summed E-state index contributed by atoms with van der Waals surface area (Å²) in [4.78, 5) is 16.4. The van der Waals surface area contributed by atoms with Gasteiger partial charge in [0.05, 0.1) is 18.4 Å². The zero-order chi connectivity index (χ0) is 20.5. The van der Waals surface area contributed by atoms with Crippen LogP contribution in [0.2, 0.25) is 0 Å². The molecule has 0 fully saturated rings. The molecule has 0 saturated heterocycles. The minimum Gasteiger partial charge on any atom is -0.493 e. The molecule has 2 heterocycles. The van der Waals surface area contributed by atoms with Crippen LogP contribution in [-0.2, 0) is 16.1 Å². The number of aliphatic imine (C=N–C) groups is 1. The molecule has 0 bridgehead atoms. The number of hydrogen-bond acceptors (Lipinski definition) is 7. The van der Waals surface area contributed by atoms with Crippen LogP contribution < -0.4 is 9.47 Å². The number of esters is 1. The zero-order valence-corrected chi connectivity index (χ0v) is 17.0. The average Bonchev–Trinajstić information content (AvgIpc) is 3.16. The summed E-state index contributed by atoms with van der Waals surface area (Å²) in [6.07, 6.45) is 1.67. The van der Waals surface area contributed by atoms with Crippen molar-refractivity contribution in [3.63, 3.8) is 0 Å². The topological polar surface area (TPSA) is 83.2 Å². The summed E-state index contributed by atoms with van der Waals surface area (Å²) >= 11 is 0. The fourth-order valence-corrected chi connectivity index (χ4v) is 2.64. The molecule has 1 aromatic heterocycles. The van der Waals surface area contributed by atoms with Crippen LogP contribution in [0, 0.1) is 19.3 Å². The molecule has 0 N–H and O–H groups in total. The molecule has 0 aliphatic carbocycles. The fraction of sp³-hybridized carbons (Fsp3) is 0.381. The number of benzene rings is 1. The van der Waals surface area contributed by atoms with Crippen LogP contribution in [0.25, 0.3) is 6.08 Å². The van der Waals surface area contributed by atoms with Crippen LogP contribution >= 0.6 is 0 Å². The number of methoxy groups -OCH3 is 1. The Bertz CT molecular complexity index is 944. The maximum absolute atomic E-state index is 12.1. The number of cyclic esters (lactones) is 1. The summed E-state index contributed by atoms with van der Waals surface area (Å²) in [7, 11) is 1.56. The summed E-state index contributed by atoms with van der Waals surface area (Å²) in [6.45, 7) is 9.86. The molecule has 0 unspecified atom stereocenters. The van der Waals surface area contributed by atoms with Crippen molar-refractivity contribution in [3.05, 3.63) is 46.5 Å². The number of hydrogen-bond donors (Lipinski definition) is 0. The normalized spacial score (nSPS) is 15.6. The van der Waals surface area contributed by atoms with Crippen molar-refractivity contribution in [2.45, 2.75) is 41.2 Å². The van der Waals surface area contributed by atoms with E-state index >= 15 is 0 Å². The lowest BCUT2D eigenvalue weighted by Crippen LogP contribution is -2.21. The number of rotatable bonds is 5. The average molecular weight is 384 g/mol. The van der Waals surface area contributed by atoms with E-state index in [9.17, 15) is 4.79 Å². The van der Waals surface area contributed by atoms with E-state index in [0.717, 1.165) is 22.6 Å². The van der Waals surface area contributed by atoms with Gasteiger partial charge in [0.1, 0.15) is 12.4 Å². The SMILES string of the molecule is COc1cc(/C=C2\N=C(C(C)(C)C)OC2=O)ccc1OCc1c(C)noc1C. The van der Waals surface area contributed by atoms with Crippen LogP contribution in [0.3, 0.4) is 0 Å². The third-order valence-corrected chi connectivity index (χ3v) is 4.31. The lowest BCUT2D eigenvalue weighted by atomic mass is 9.97. The molecular formula is C21H24N2O5. The number of nitrogens with zero attached hydrogens (tertiary/aromatic N) is 2. The minimum atomic E-state index is -0.456. The van der Waals surface area contributed by atoms with Gasteiger partial charge in [-0.05, 0) is 37.6 Å². The van der Waals surface area contributed by atoms with Crippen molar-refractivity contribution < 1.29 is 23.5 Å². The van der Waals surface area contributed by atoms with Gasteiger partial charge in [0.25, 0.3) is 0 Å². The molecular weight excluding hydrogens is 360 g/mol. The van der Waals surface area contributed by atoms with Gasteiger partial charge >= 0.3 is 5.97 Å². The first-order valence-corrected chi connectivity index (χ1v) is 8.94. The van der Waals surface area contributed by atoms with E-state index in [-0.39, 0.29) is 11.1 Å². The highest BCUT2D eigenvalue weighted by Crippen LogP contribution is 2.31. The first-order valence-electron chi connectivity index (χ1n) is 8.94. The Morgan fingerprint density at radius 3 is 2.50 bits per heavy atom. The van der Waals surface area contributed by atoms with Gasteiger partial charge in [-0.15, -0.1) is 0 Å². The predicted octanol–water partition coefficient (Wildman–Crippen LogP) is 4.22. The summed E-state index contributed by atoms with van der Waals surface area (Å²) in [5.41, 5.74) is 2.39. The first kappa shape index (κ1) is 19.7. The smallest absolute Gasteiger partial charge is 0.363 e. The minimum absolute atomic E-state index is 0.261. The highest BCUT2D eigenvalue weighted by Gasteiger charge is 2.31. The van der Waals surface area contributed by atoms with E-state index in [1.54, 1.807) is 25.3 Å². The molecule has 0 atom stereocenters. The van der Waals surface area contributed by atoms with Crippen LogP contribution in [-0.4, -0.2) is 24.1 Å². The lowest BCUT2D eigenvalue weighted by Gasteiger charge is -2.15. The molecule has 0 spiro atoms. The summed E-state index contributed by atoms with van der Waals surface area (Å²) in [5, 5.41) is 3.92. The highest BCUT2D eigenvalue weighted by atomic mass is 16.6. The maximum Gasteiger partial charge on any atom is 0.363 e. The van der Waals surface area contributed by atoms with Crippen molar-refractivity contribution in [1.29, 1.82) is 0 Å². The fourth-order valence-electron chi connectivity index (χ4n) is 2.64. The Balaban J connectivity index is 1.82. The van der Waals surface area contributed by atoms with E-state index in [1.807, 2.05) is 40.7 Å². The van der Waals surface area contributed by atoms with Crippen molar-refractivity contribution in [1.82, 2.24) is 5.16 Å². The van der Waals surface area contributed by atoms with E-state index < -0.39 is 5.97 Å². The standard InChI is InChI=1S/C21H24N2O5/c1-12-15(13(2)28-23-12)11-26-17-8-7-14(10-18(17)25-6)9-16-19(24)27-20(22-16)21(3,4)5/h7-10H,11H2,1-6H3/b16-9-. The molecule has 2 aromatic rings. The van der Waals surface area contributed by atoms with E-state index in [1.165, 1.54) is 0 Å². The molecule has 28 heavy (non-hydrogen) atoms. The Morgan fingerprint density at radius 2 is 1.93 bits per heavy atom. The number of carbonyl (C=O) groups is 1. The molecule has 0 saturated carbocycles. The number of aryl methyl sites for hydroxylation is 2. The summed E-state index contributed by atoms with van der Waals surface area (Å²) < 4.78 is 21.7. The van der Waals surface area contributed by atoms with E-state index in [0.29, 0.717) is 24.0 Å². The van der Waals surface area contributed by atoms with Gasteiger partial charge in [-0.1, -0.05) is 32.0 Å². The van der Waals surface area contributed by atoms with Gasteiger partial charge in [0.15, 0.2) is 17.2 Å².